The molecular weight excluding hydrogens is 482 g/mol. The van der Waals surface area contributed by atoms with E-state index in [4.69, 9.17) is 5.73 Å². The van der Waals surface area contributed by atoms with Crippen LogP contribution in [0, 0.1) is 52.3 Å². The highest BCUT2D eigenvalue weighted by molar-refractivity contribution is 5.12. The molecule has 0 amide bonds. The van der Waals surface area contributed by atoms with Gasteiger partial charge >= 0.3 is 0 Å². The fourth-order valence-corrected chi connectivity index (χ4v) is 10.4. The minimum absolute atomic E-state index is 0.119. The van der Waals surface area contributed by atoms with Gasteiger partial charge < -0.3 is 26.6 Å². The zero-order valence-electron chi connectivity index (χ0n) is 26.3. The zero-order valence-corrected chi connectivity index (χ0v) is 26.3. The zero-order chi connectivity index (χ0) is 28.2. The summed E-state index contributed by atoms with van der Waals surface area (Å²) in [4.78, 5) is 0. The van der Waals surface area contributed by atoms with E-state index in [0.717, 1.165) is 57.8 Å². The number of unbranched alkanes of at least 4 members (excludes halogenated alkanes) is 1. The molecule has 0 bridgehead atoms. The summed E-state index contributed by atoms with van der Waals surface area (Å²) in [5, 5.41) is 29.6. The van der Waals surface area contributed by atoms with Gasteiger partial charge in [0.25, 0.3) is 0 Å². The summed E-state index contributed by atoms with van der Waals surface area (Å²) in [7, 11) is 0. The van der Waals surface area contributed by atoms with Crippen LogP contribution in [0.4, 0.5) is 0 Å². The number of aliphatic hydroxyl groups excluding tert-OH is 2. The van der Waals surface area contributed by atoms with E-state index in [1.165, 1.54) is 57.8 Å². The maximum absolute atomic E-state index is 11.7. The molecule has 39 heavy (non-hydrogen) atoms. The van der Waals surface area contributed by atoms with Gasteiger partial charge in [-0.1, -0.05) is 34.6 Å². The first kappa shape index (κ1) is 31.7. The topological polar surface area (TPSA) is 90.5 Å². The fourth-order valence-electron chi connectivity index (χ4n) is 10.4. The van der Waals surface area contributed by atoms with Crippen LogP contribution in [0.2, 0.25) is 0 Å². The van der Waals surface area contributed by atoms with Crippen molar-refractivity contribution in [3.63, 3.8) is 0 Å². The Labute approximate surface area is 241 Å². The van der Waals surface area contributed by atoms with Crippen molar-refractivity contribution >= 4 is 0 Å². The van der Waals surface area contributed by atoms with Gasteiger partial charge in [-0.25, -0.2) is 0 Å². The van der Waals surface area contributed by atoms with Crippen molar-refractivity contribution in [2.24, 2.45) is 58.0 Å². The van der Waals surface area contributed by atoms with E-state index in [1.807, 2.05) is 0 Å². The second kappa shape index (κ2) is 13.8. The molecule has 4 aliphatic carbocycles. The van der Waals surface area contributed by atoms with E-state index >= 15 is 0 Å². The van der Waals surface area contributed by atoms with Gasteiger partial charge in [0.05, 0.1) is 12.2 Å². The number of hydrogen-bond donors (Lipinski definition) is 5. The van der Waals surface area contributed by atoms with Crippen LogP contribution in [0.1, 0.15) is 118 Å². The van der Waals surface area contributed by atoms with Crippen LogP contribution >= 0.6 is 0 Å². The van der Waals surface area contributed by atoms with E-state index in [-0.39, 0.29) is 12.2 Å². The maximum Gasteiger partial charge on any atom is 0.0577 e. The summed E-state index contributed by atoms with van der Waals surface area (Å²) in [6, 6.07) is 0.621. The smallest absolute Gasteiger partial charge is 0.0577 e. The molecule has 0 aromatic rings. The molecule has 0 spiro atoms. The highest BCUT2D eigenvalue weighted by Crippen LogP contribution is 2.68. The Kier molecular flexibility index (Phi) is 11.3. The lowest BCUT2D eigenvalue weighted by atomic mass is 9.43. The van der Waals surface area contributed by atoms with Gasteiger partial charge in [0.1, 0.15) is 0 Å². The highest BCUT2D eigenvalue weighted by Gasteiger charge is 2.62. The van der Waals surface area contributed by atoms with Gasteiger partial charge in [-0.2, -0.15) is 0 Å². The van der Waals surface area contributed by atoms with Crippen molar-refractivity contribution in [3.8, 4) is 0 Å². The van der Waals surface area contributed by atoms with E-state index in [1.54, 1.807) is 0 Å². The molecule has 0 aromatic carbocycles. The molecule has 4 rings (SSSR count). The molecule has 4 saturated carbocycles. The molecule has 4 fully saturated rings. The third-order valence-electron chi connectivity index (χ3n) is 12.9. The lowest BCUT2D eigenvalue weighted by Crippen LogP contribution is -2.59. The molecular formula is C34H65N3O2. The number of nitrogens with two attached hydrogens (primary N) is 1. The van der Waals surface area contributed by atoms with Crippen molar-refractivity contribution in [2.45, 2.75) is 136 Å². The van der Waals surface area contributed by atoms with Crippen molar-refractivity contribution in [3.05, 3.63) is 0 Å². The third-order valence-corrected chi connectivity index (χ3v) is 12.9. The van der Waals surface area contributed by atoms with Crippen LogP contribution in [0.3, 0.4) is 0 Å². The molecule has 0 radical (unpaired) electrons. The fraction of sp³-hybridized carbons (Fsp3) is 1.00. The first-order valence-electron chi connectivity index (χ1n) is 17.1. The summed E-state index contributed by atoms with van der Waals surface area (Å²) in [5.41, 5.74) is 6.35. The van der Waals surface area contributed by atoms with Gasteiger partial charge in [-0.15, -0.1) is 0 Å². The Morgan fingerprint density at radius 3 is 2.31 bits per heavy atom. The molecule has 0 aromatic heterocycles. The van der Waals surface area contributed by atoms with E-state index in [9.17, 15) is 10.2 Å². The van der Waals surface area contributed by atoms with Crippen molar-refractivity contribution in [1.82, 2.24) is 10.6 Å². The van der Waals surface area contributed by atoms with E-state index in [0.29, 0.717) is 52.4 Å². The Morgan fingerprint density at radius 1 is 0.846 bits per heavy atom. The van der Waals surface area contributed by atoms with Crippen molar-refractivity contribution in [1.29, 1.82) is 0 Å². The number of rotatable bonds is 14. The monoisotopic (exact) mass is 548 g/mol. The Balaban J connectivity index is 1.30. The van der Waals surface area contributed by atoms with Crippen LogP contribution in [0.25, 0.3) is 0 Å². The largest absolute Gasteiger partial charge is 0.393 e. The number of aliphatic hydroxyl groups is 2. The molecule has 3 unspecified atom stereocenters. The summed E-state index contributed by atoms with van der Waals surface area (Å²) < 4.78 is 0. The molecule has 6 N–H and O–H groups in total. The molecule has 5 nitrogen and oxygen atoms in total. The van der Waals surface area contributed by atoms with Crippen molar-refractivity contribution < 1.29 is 10.2 Å². The summed E-state index contributed by atoms with van der Waals surface area (Å²) >= 11 is 0. The first-order valence-corrected chi connectivity index (χ1v) is 17.1. The van der Waals surface area contributed by atoms with Crippen LogP contribution in [0.5, 0.6) is 0 Å². The Hall–Kier alpha value is -0.200. The van der Waals surface area contributed by atoms with Crippen LogP contribution in [-0.2, 0) is 0 Å². The average Bonchev–Trinajstić information content (AvgIpc) is 3.26. The molecule has 0 saturated heterocycles. The predicted octanol–water partition coefficient (Wildman–Crippen LogP) is 5.73. The van der Waals surface area contributed by atoms with Gasteiger partial charge in [0, 0.05) is 6.04 Å². The molecule has 0 heterocycles. The van der Waals surface area contributed by atoms with Crippen LogP contribution in [-0.4, -0.2) is 54.6 Å². The minimum atomic E-state index is -0.169. The SMILES string of the molecule is CC(C)[C@H](O)CC[C@@H](C)[C@H]1CCC2C3C(CC[C@@]21C)[C@@]1(C)CC[C@H](NCCCNCCCCN)C[C@@H]1C[C@H]3O. The number of nitrogens with one attached hydrogen (secondary N) is 2. The van der Waals surface area contributed by atoms with E-state index in [2.05, 4.69) is 45.3 Å². The summed E-state index contributed by atoms with van der Waals surface area (Å²) in [5.74, 6) is 4.29. The van der Waals surface area contributed by atoms with Gasteiger partial charge in [0.2, 0.25) is 0 Å². The van der Waals surface area contributed by atoms with Crippen LogP contribution in [0.15, 0.2) is 0 Å². The second-order valence-corrected chi connectivity index (χ2v) is 15.4. The molecule has 11 atom stereocenters. The molecule has 4 aliphatic rings. The van der Waals surface area contributed by atoms with Gasteiger partial charge in [-0.05, 0) is 162 Å². The lowest BCUT2D eigenvalue weighted by molar-refractivity contribution is -0.167. The minimum Gasteiger partial charge on any atom is -0.393 e. The maximum atomic E-state index is 11.7. The number of fused-ring (bicyclic) bond motifs is 5. The second-order valence-electron chi connectivity index (χ2n) is 15.4. The van der Waals surface area contributed by atoms with Gasteiger partial charge in [0.15, 0.2) is 0 Å². The predicted molar refractivity (Wildman–Crippen MR) is 163 cm³/mol. The Morgan fingerprint density at radius 2 is 1.56 bits per heavy atom. The normalized spacial score (nSPS) is 41.6. The summed E-state index contributed by atoms with van der Waals surface area (Å²) in [6.45, 7) is 16.0. The van der Waals surface area contributed by atoms with E-state index < -0.39 is 0 Å². The molecule has 5 heteroatoms. The van der Waals surface area contributed by atoms with Crippen molar-refractivity contribution in [2.75, 3.05) is 26.2 Å². The first-order chi connectivity index (χ1) is 18.6. The Bertz CT molecular complexity index is 748. The highest BCUT2D eigenvalue weighted by atomic mass is 16.3. The van der Waals surface area contributed by atoms with Crippen LogP contribution < -0.4 is 16.4 Å². The average molecular weight is 548 g/mol. The standard InChI is InChI=1S/C34H65N3O2/c1-23(2)30(38)12-9-24(3)27-10-11-28-32-29(14-16-34(27,28)5)33(4)15-13-26(21-25(33)22-31(32)39)37-20-8-19-36-18-7-6-17-35/h23-32,36-39H,6-22,35H2,1-5H3/t24-,25-,26+,27-,28?,29?,30-,31-,32?,33+,34-/m1/s1. The van der Waals surface area contributed by atoms with Gasteiger partial charge in [-0.3, -0.25) is 0 Å². The third kappa shape index (κ3) is 6.90. The lowest BCUT2D eigenvalue weighted by Gasteiger charge is -2.62. The molecule has 228 valence electrons. The summed E-state index contributed by atoms with van der Waals surface area (Å²) in [6.07, 6.45) is 15.5. The molecule has 0 aliphatic heterocycles. The number of hydrogen-bond acceptors (Lipinski definition) is 5. The quantitative estimate of drug-likeness (QED) is 0.179.